The Morgan fingerprint density at radius 1 is 0.818 bits per heavy atom. The van der Waals surface area contributed by atoms with Gasteiger partial charge in [0.15, 0.2) is 11.7 Å². The van der Waals surface area contributed by atoms with Gasteiger partial charge in [-0.15, -0.1) is 0 Å². The van der Waals surface area contributed by atoms with E-state index in [1.807, 2.05) is 20.8 Å². The fraction of sp³-hybridized carbons (Fsp3) is 0.314. The maximum absolute atomic E-state index is 13.5. The van der Waals surface area contributed by atoms with Crippen LogP contribution >= 0.6 is 0 Å². The molecule has 3 aromatic carbocycles. The lowest BCUT2D eigenvalue weighted by molar-refractivity contribution is -0.0820. The van der Waals surface area contributed by atoms with Crippen molar-refractivity contribution in [3.63, 3.8) is 0 Å². The molecule has 9 heteroatoms. The number of nitriles is 1. The summed E-state index contributed by atoms with van der Waals surface area (Å²) in [5.41, 5.74) is 2.19. The average molecular weight is 597 g/mol. The van der Waals surface area contributed by atoms with Crippen LogP contribution in [0.5, 0.6) is 0 Å². The molecule has 0 aromatic heterocycles. The van der Waals surface area contributed by atoms with Crippen molar-refractivity contribution in [3.8, 4) is 6.07 Å². The SMILES string of the molecule is Cc1ccc(C(=O)OCC2O[C@H](/C(C#N)=C/N(C)C)[C@](C)(OC(=O)c3ccc(C)cc3)[C@@H]2OC(=O)c2ccc(C)cc2)cc1. The van der Waals surface area contributed by atoms with Crippen LogP contribution in [-0.4, -0.2) is 67.4 Å². The first kappa shape index (κ1) is 32.0. The van der Waals surface area contributed by atoms with Crippen molar-refractivity contribution in [2.75, 3.05) is 20.7 Å². The Bertz CT molecular complexity index is 1570. The van der Waals surface area contributed by atoms with Crippen LogP contribution in [0.2, 0.25) is 0 Å². The third kappa shape index (κ3) is 7.33. The molecule has 4 rings (SSSR count). The smallest absolute Gasteiger partial charge is 0.338 e. The van der Waals surface area contributed by atoms with Gasteiger partial charge in [0.1, 0.15) is 18.8 Å². The molecule has 1 aliphatic heterocycles. The van der Waals surface area contributed by atoms with Crippen LogP contribution in [-0.2, 0) is 18.9 Å². The van der Waals surface area contributed by atoms with Crippen molar-refractivity contribution in [2.24, 2.45) is 0 Å². The molecule has 1 heterocycles. The minimum absolute atomic E-state index is 0.123. The summed E-state index contributed by atoms with van der Waals surface area (Å²) in [6.45, 7) is 6.91. The first-order chi connectivity index (χ1) is 20.9. The van der Waals surface area contributed by atoms with E-state index in [2.05, 4.69) is 6.07 Å². The summed E-state index contributed by atoms with van der Waals surface area (Å²) in [6.07, 6.45) is -1.97. The molecule has 1 unspecified atom stereocenters. The third-order valence-corrected chi connectivity index (χ3v) is 7.33. The highest BCUT2D eigenvalue weighted by molar-refractivity contribution is 5.91. The van der Waals surface area contributed by atoms with Crippen molar-refractivity contribution >= 4 is 17.9 Å². The summed E-state index contributed by atoms with van der Waals surface area (Å²) in [7, 11) is 3.47. The lowest BCUT2D eigenvalue weighted by atomic mass is 9.88. The molecule has 1 aliphatic rings. The summed E-state index contributed by atoms with van der Waals surface area (Å²) < 4.78 is 24.1. The van der Waals surface area contributed by atoms with Gasteiger partial charge in [0, 0.05) is 20.3 Å². The van der Waals surface area contributed by atoms with E-state index in [1.54, 1.807) is 105 Å². The van der Waals surface area contributed by atoms with Gasteiger partial charge in [-0.05, 0) is 64.1 Å². The first-order valence-electron chi connectivity index (χ1n) is 14.2. The van der Waals surface area contributed by atoms with E-state index in [1.165, 1.54) is 0 Å². The van der Waals surface area contributed by atoms with E-state index in [0.717, 1.165) is 16.7 Å². The largest absolute Gasteiger partial charge is 0.459 e. The zero-order valence-electron chi connectivity index (χ0n) is 25.7. The molecule has 1 fully saturated rings. The number of ether oxygens (including phenoxy) is 4. The number of nitrogens with zero attached hydrogens (tertiary/aromatic N) is 2. The minimum Gasteiger partial charge on any atom is -0.459 e. The van der Waals surface area contributed by atoms with E-state index in [4.69, 9.17) is 18.9 Å². The molecule has 0 amide bonds. The molecule has 9 nitrogen and oxygen atoms in total. The van der Waals surface area contributed by atoms with Gasteiger partial charge in [0.25, 0.3) is 0 Å². The predicted molar refractivity (Wildman–Crippen MR) is 163 cm³/mol. The van der Waals surface area contributed by atoms with Gasteiger partial charge in [-0.2, -0.15) is 5.26 Å². The molecule has 228 valence electrons. The molecule has 0 spiro atoms. The molecule has 0 aliphatic carbocycles. The molecule has 3 aromatic rings. The highest BCUT2D eigenvalue weighted by Gasteiger charge is 2.60. The molecular weight excluding hydrogens is 560 g/mol. The molecule has 44 heavy (non-hydrogen) atoms. The van der Waals surface area contributed by atoms with Crippen LogP contribution in [0.15, 0.2) is 84.6 Å². The van der Waals surface area contributed by atoms with Crippen LogP contribution in [0, 0.1) is 32.1 Å². The summed E-state index contributed by atoms with van der Waals surface area (Å²) in [5.74, 6) is -2.00. The van der Waals surface area contributed by atoms with Crippen molar-refractivity contribution in [3.05, 3.63) is 118 Å². The molecule has 0 saturated carbocycles. The molecule has 1 saturated heterocycles. The van der Waals surface area contributed by atoms with Crippen LogP contribution in [0.3, 0.4) is 0 Å². The van der Waals surface area contributed by atoms with Gasteiger partial charge in [-0.1, -0.05) is 53.1 Å². The second-order valence-electron chi connectivity index (χ2n) is 11.3. The molecule has 0 N–H and O–H groups in total. The number of rotatable bonds is 9. The van der Waals surface area contributed by atoms with Gasteiger partial charge in [0.2, 0.25) is 0 Å². The van der Waals surface area contributed by atoms with Crippen LogP contribution in [0.1, 0.15) is 54.7 Å². The van der Waals surface area contributed by atoms with Gasteiger partial charge < -0.3 is 23.8 Å². The second kappa shape index (κ2) is 13.6. The minimum atomic E-state index is -1.69. The van der Waals surface area contributed by atoms with Crippen molar-refractivity contribution in [2.45, 2.75) is 51.6 Å². The molecule has 0 radical (unpaired) electrons. The lowest BCUT2D eigenvalue weighted by Crippen LogP contribution is -2.52. The maximum atomic E-state index is 13.5. The van der Waals surface area contributed by atoms with Gasteiger partial charge >= 0.3 is 17.9 Å². The third-order valence-electron chi connectivity index (χ3n) is 7.33. The van der Waals surface area contributed by atoms with E-state index < -0.39 is 41.8 Å². The van der Waals surface area contributed by atoms with Gasteiger partial charge in [-0.3, -0.25) is 0 Å². The Labute approximate surface area is 257 Å². The average Bonchev–Trinajstić information content (AvgIpc) is 3.25. The summed E-state index contributed by atoms with van der Waals surface area (Å²) >= 11 is 0. The van der Waals surface area contributed by atoms with Crippen molar-refractivity contribution in [1.82, 2.24) is 4.90 Å². The van der Waals surface area contributed by atoms with Crippen molar-refractivity contribution < 1.29 is 33.3 Å². The number of hydrogen-bond acceptors (Lipinski definition) is 9. The zero-order valence-corrected chi connectivity index (χ0v) is 25.7. The molecule has 4 atom stereocenters. The van der Waals surface area contributed by atoms with Crippen molar-refractivity contribution in [1.29, 1.82) is 5.26 Å². The number of benzene rings is 3. The summed E-state index contributed by atoms with van der Waals surface area (Å²) in [5, 5.41) is 10.1. The standard InChI is InChI=1S/C35H36N2O7/c1-22-7-13-25(14-8-22)32(38)41-21-29-31(43-33(39)26-15-9-23(2)10-16-26)35(4,30(42-29)28(19-36)20-37(5)6)44-34(40)27-17-11-24(3)12-18-27/h7-18,20,29-31H,21H2,1-6H3/b28-20+/t29?,30-,31-,35+/m1/s1. The molecular formula is C35H36N2O7. The number of aryl methyl sites for hydroxylation is 3. The Morgan fingerprint density at radius 3 is 1.73 bits per heavy atom. The summed E-state index contributed by atoms with van der Waals surface area (Å²) in [4.78, 5) is 41.5. The fourth-order valence-corrected chi connectivity index (χ4v) is 4.90. The summed E-state index contributed by atoms with van der Waals surface area (Å²) in [6, 6.07) is 22.6. The van der Waals surface area contributed by atoms with E-state index in [9.17, 15) is 19.6 Å². The number of carbonyl (C=O) groups is 3. The fourth-order valence-electron chi connectivity index (χ4n) is 4.90. The Balaban J connectivity index is 1.73. The van der Waals surface area contributed by atoms with E-state index in [-0.39, 0.29) is 23.3 Å². The normalized spacial score (nSPS) is 21.2. The van der Waals surface area contributed by atoms with Gasteiger partial charge in [-0.25, -0.2) is 14.4 Å². The number of esters is 3. The van der Waals surface area contributed by atoms with E-state index >= 15 is 0 Å². The number of carbonyl (C=O) groups excluding carboxylic acids is 3. The quantitative estimate of drug-likeness (QED) is 0.183. The molecule has 0 bridgehead atoms. The maximum Gasteiger partial charge on any atom is 0.338 e. The van der Waals surface area contributed by atoms with Crippen LogP contribution in [0.25, 0.3) is 0 Å². The second-order valence-corrected chi connectivity index (χ2v) is 11.3. The first-order valence-corrected chi connectivity index (χ1v) is 14.2. The monoisotopic (exact) mass is 596 g/mol. The lowest BCUT2D eigenvalue weighted by Gasteiger charge is -2.34. The Kier molecular flexibility index (Phi) is 9.87. The zero-order chi connectivity index (χ0) is 32.0. The number of hydrogen-bond donors (Lipinski definition) is 0. The Morgan fingerprint density at radius 2 is 1.27 bits per heavy atom. The van der Waals surface area contributed by atoms with Crippen LogP contribution < -0.4 is 0 Å². The predicted octanol–water partition coefficient (Wildman–Crippen LogP) is 5.35. The highest BCUT2D eigenvalue weighted by Crippen LogP contribution is 2.41. The van der Waals surface area contributed by atoms with Gasteiger partial charge in [0.05, 0.1) is 28.3 Å². The Hall–Kier alpha value is -4.94. The van der Waals surface area contributed by atoms with E-state index in [0.29, 0.717) is 5.56 Å². The van der Waals surface area contributed by atoms with Crippen LogP contribution in [0.4, 0.5) is 0 Å². The topological polar surface area (TPSA) is 115 Å². The highest BCUT2D eigenvalue weighted by atomic mass is 16.7.